The Kier molecular flexibility index (Phi) is 4.78. The Hall–Kier alpha value is -3.19. The predicted octanol–water partition coefficient (Wildman–Crippen LogP) is 4.64. The summed E-state index contributed by atoms with van der Waals surface area (Å²) in [6, 6.07) is 16.6. The van der Waals surface area contributed by atoms with Crippen molar-refractivity contribution in [2.24, 2.45) is 0 Å². The van der Waals surface area contributed by atoms with Crippen LogP contribution in [0.5, 0.6) is 0 Å². The van der Waals surface area contributed by atoms with E-state index in [1.807, 2.05) is 38.2 Å². The average molecular weight is 432 g/mol. The molecule has 0 N–H and O–H groups in total. The molecule has 7 heteroatoms. The normalized spacial score (nSPS) is 19.6. The van der Waals surface area contributed by atoms with Crippen molar-refractivity contribution >= 4 is 23.3 Å². The molecule has 2 aromatic carbocycles. The highest BCUT2D eigenvalue weighted by atomic mass is 32.2. The number of hydrogen-bond donors (Lipinski definition) is 0. The first-order valence-corrected chi connectivity index (χ1v) is 11.1. The molecule has 1 aromatic heterocycles. The number of ketones is 2. The van der Waals surface area contributed by atoms with Gasteiger partial charge in [-0.3, -0.25) is 9.59 Å². The number of fused-ring (bicyclic) bond motifs is 1. The summed E-state index contributed by atoms with van der Waals surface area (Å²) in [6.07, 6.45) is 2.38. The van der Waals surface area contributed by atoms with Crippen molar-refractivity contribution in [3.63, 3.8) is 0 Å². The molecule has 1 aliphatic heterocycles. The standard InChI is InChI=1S/C24H21N3O3S/c1-24(2)12-19(27-13-15(25-26-27)14-31-16-8-4-3-5-9-16)20-21(28)17-10-6-7-11-18(17)22(29)23(20)30-24/h3-11,13,19H,12,14H2,1-2H3. The number of aromatic nitrogens is 3. The molecule has 1 atom stereocenters. The number of hydrogen-bond acceptors (Lipinski definition) is 6. The molecule has 31 heavy (non-hydrogen) atoms. The molecule has 1 unspecified atom stereocenters. The van der Waals surface area contributed by atoms with Gasteiger partial charge in [0.1, 0.15) is 5.60 Å². The number of rotatable bonds is 4. The van der Waals surface area contributed by atoms with E-state index in [0.29, 0.717) is 28.9 Å². The van der Waals surface area contributed by atoms with Crippen LogP contribution in [0.2, 0.25) is 0 Å². The number of carbonyl (C=O) groups excluding carboxylic acids is 2. The second-order valence-corrected chi connectivity index (χ2v) is 9.37. The summed E-state index contributed by atoms with van der Waals surface area (Å²) in [4.78, 5) is 27.6. The van der Waals surface area contributed by atoms with Crippen molar-refractivity contribution in [2.75, 3.05) is 0 Å². The van der Waals surface area contributed by atoms with Crippen LogP contribution in [-0.2, 0) is 10.5 Å². The molecule has 156 valence electrons. The van der Waals surface area contributed by atoms with E-state index in [0.717, 1.165) is 10.6 Å². The highest BCUT2D eigenvalue weighted by Crippen LogP contribution is 2.43. The Labute approximate surface area is 184 Å². The summed E-state index contributed by atoms with van der Waals surface area (Å²) in [5.41, 5.74) is 1.38. The van der Waals surface area contributed by atoms with Crippen molar-refractivity contribution in [2.45, 2.75) is 42.6 Å². The Morgan fingerprint density at radius 3 is 2.45 bits per heavy atom. The fourth-order valence-electron chi connectivity index (χ4n) is 4.09. The third-order valence-corrected chi connectivity index (χ3v) is 6.56. The number of carbonyl (C=O) groups is 2. The van der Waals surface area contributed by atoms with Gasteiger partial charge in [0.25, 0.3) is 0 Å². The summed E-state index contributed by atoms with van der Waals surface area (Å²) in [7, 11) is 0. The molecule has 0 saturated carbocycles. The van der Waals surface area contributed by atoms with E-state index < -0.39 is 11.6 Å². The van der Waals surface area contributed by atoms with E-state index in [1.54, 1.807) is 40.7 Å². The van der Waals surface area contributed by atoms with Crippen LogP contribution in [-0.4, -0.2) is 32.2 Å². The Bertz CT molecular complexity index is 1210. The van der Waals surface area contributed by atoms with Crippen LogP contribution in [0.3, 0.4) is 0 Å². The lowest BCUT2D eigenvalue weighted by Gasteiger charge is -2.39. The first-order chi connectivity index (χ1) is 14.9. The zero-order valence-corrected chi connectivity index (χ0v) is 18.1. The minimum absolute atomic E-state index is 0.140. The van der Waals surface area contributed by atoms with Gasteiger partial charge in [-0.1, -0.05) is 47.7 Å². The fourth-order valence-corrected chi connectivity index (χ4v) is 4.89. The van der Waals surface area contributed by atoms with Gasteiger partial charge in [-0.05, 0) is 26.0 Å². The third kappa shape index (κ3) is 3.59. The maximum Gasteiger partial charge on any atom is 0.228 e. The van der Waals surface area contributed by atoms with Crippen LogP contribution in [0.25, 0.3) is 0 Å². The molecule has 1 aliphatic carbocycles. The van der Waals surface area contributed by atoms with Crippen LogP contribution in [0.4, 0.5) is 0 Å². The van der Waals surface area contributed by atoms with E-state index in [4.69, 9.17) is 4.74 Å². The Morgan fingerprint density at radius 1 is 1.03 bits per heavy atom. The molecule has 2 aliphatic rings. The lowest BCUT2D eigenvalue weighted by atomic mass is 9.79. The summed E-state index contributed by atoms with van der Waals surface area (Å²) >= 11 is 1.67. The summed E-state index contributed by atoms with van der Waals surface area (Å²) < 4.78 is 7.73. The van der Waals surface area contributed by atoms with Crippen LogP contribution in [0, 0.1) is 0 Å². The molecular weight excluding hydrogens is 410 g/mol. The van der Waals surface area contributed by atoms with Crippen molar-refractivity contribution in [1.82, 2.24) is 15.0 Å². The lowest BCUT2D eigenvalue weighted by molar-refractivity contribution is -0.00325. The van der Waals surface area contributed by atoms with E-state index in [1.165, 1.54) is 0 Å². The van der Waals surface area contributed by atoms with Crippen molar-refractivity contribution in [1.29, 1.82) is 0 Å². The van der Waals surface area contributed by atoms with Crippen LogP contribution < -0.4 is 0 Å². The van der Waals surface area contributed by atoms with Gasteiger partial charge in [-0.15, -0.1) is 16.9 Å². The van der Waals surface area contributed by atoms with E-state index in [9.17, 15) is 9.59 Å². The molecule has 0 radical (unpaired) electrons. The second kappa shape index (κ2) is 7.50. The third-order valence-electron chi connectivity index (χ3n) is 5.52. The minimum Gasteiger partial charge on any atom is -0.483 e. The Balaban J connectivity index is 1.49. The summed E-state index contributed by atoms with van der Waals surface area (Å²) in [5, 5.41) is 8.64. The smallest absolute Gasteiger partial charge is 0.228 e. The summed E-state index contributed by atoms with van der Waals surface area (Å²) in [6.45, 7) is 3.84. The maximum absolute atomic E-state index is 13.4. The molecule has 0 amide bonds. The zero-order valence-electron chi connectivity index (χ0n) is 17.2. The van der Waals surface area contributed by atoms with E-state index in [2.05, 4.69) is 22.4 Å². The molecule has 2 heterocycles. The lowest BCUT2D eigenvalue weighted by Crippen LogP contribution is -2.41. The van der Waals surface area contributed by atoms with Crippen molar-refractivity contribution < 1.29 is 14.3 Å². The predicted molar refractivity (Wildman–Crippen MR) is 117 cm³/mol. The number of nitrogens with zero attached hydrogens (tertiary/aromatic N) is 3. The van der Waals surface area contributed by atoms with Gasteiger partial charge in [0.2, 0.25) is 5.78 Å². The van der Waals surface area contributed by atoms with Gasteiger partial charge >= 0.3 is 0 Å². The van der Waals surface area contributed by atoms with Crippen LogP contribution in [0.1, 0.15) is 52.7 Å². The first-order valence-electron chi connectivity index (χ1n) is 10.1. The van der Waals surface area contributed by atoms with Crippen molar-refractivity contribution in [3.8, 4) is 0 Å². The van der Waals surface area contributed by atoms with Gasteiger partial charge < -0.3 is 4.74 Å². The van der Waals surface area contributed by atoms with E-state index >= 15 is 0 Å². The zero-order chi connectivity index (χ0) is 21.6. The van der Waals surface area contributed by atoms with Gasteiger partial charge in [0.05, 0.1) is 23.5 Å². The minimum atomic E-state index is -0.614. The van der Waals surface area contributed by atoms with Crippen LogP contribution in [0.15, 0.2) is 77.0 Å². The number of thioether (sulfide) groups is 1. The highest BCUT2D eigenvalue weighted by molar-refractivity contribution is 7.98. The fraction of sp³-hybridized carbons (Fsp3) is 0.250. The van der Waals surface area contributed by atoms with Gasteiger partial charge in [0.15, 0.2) is 11.5 Å². The quantitative estimate of drug-likeness (QED) is 0.560. The molecule has 0 spiro atoms. The highest BCUT2D eigenvalue weighted by Gasteiger charge is 2.46. The molecule has 0 fully saturated rings. The average Bonchev–Trinajstić information content (AvgIpc) is 3.25. The van der Waals surface area contributed by atoms with Gasteiger partial charge in [-0.25, -0.2) is 4.68 Å². The molecule has 3 aromatic rings. The number of allylic oxidation sites excluding steroid dienone is 2. The summed E-state index contributed by atoms with van der Waals surface area (Å²) in [5.74, 6) is 0.378. The number of ether oxygens (including phenoxy) is 1. The second-order valence-electron chi connectivity index (χ2n) is 8.32. The monoisotopic (exact) mass is 431 g/mol. The maximum atomic E-state index is 13.4. The van der Waals surface area contributed by atoms with Gasteiger partial charge in [0, 0.05) is 28.2 Å². The number of Topliss-reactive ketones (excluding diaryl/α,β-unsaturated/α-hetero) is 2. The topological polar surface area (TPSA) is 74.1 Å². The van der Waals surface area contributed by atoms with Gasteiger partial charge in [-0.2, -0.15) is 0 Å². The molecule has 0 bridgehead atoms. The van der Waals surface area contributed by atoms with Crippen LogP contribution >= 0.6 is 11.8 Å². The van der Waals surface area contributed by atoms with Crippen molar-refractivity contribution in [3.05, 3.63) is 88.9 Å². The van der Waals surface area contributed by atoms with E-state index in [-0.39, 0.29) is 17.3 Å². The first kappa shape index (κ1) is 19.8. The molecule has 6 nitrogen and oxygen atoms in total. The Morgan fingerprint density at radius 2 is 1.71 bits per heavy atom. The SMILES string of the molecule is CC1(C)CC(n2cc(CSc3ccccc3)nn2)C2=C(O1)C(=O)c1ccccc1C2=O. The molecule has 5 rings (SSSR count). The largest absolute Gasteiger partial charge is 0.483 e. The number of benzene rings is 2. The molecular formula is C24H21N3O3S. The molecule has 0 saturated heterocycles.